The zero-order valence-corrected chi connectivity index (χ0v) is 14.1. The van der Waals surface area contributed by atoms with Crippen molar-refractivity contribution in [2.24, 2.45) is 5.92 Å². The SMILES string of the molecule is CC(C)(C)OC(=O)NC(CCC(=O)C=CC1CCCC1)C(=O)O. The van der Waals surface area contributed by atoms with E-state index >= 15 is 0 Å². The van der Waals surface area contributed by atoms with E-state index in [0.717, 1.165) is 12.8 Å². The van der Waals surface area contributed by atoms with Gasteiger partial charge in [0.15, 0.2) is 5.78 Å². The number of hydrogen-bond donors (Lipinski definition) is 2. The van der Waals surface area contributed by atoms with Gasteiger partial charge in [0, 0.05) is 6.42 Å². The van der Waals surface area contributed by atoms with Crippen LogP contribution in [0.2, 0.25) is 0 Å². The molecule has 0 aliphatic heterocycles. The summed E-state index contributed by atoms with van der Waals surface area (Å²) >= 11 is 0. The van der Waals surface area contributed by atoms with E-state index in [9.17, 15) is 14.4 Å². The van der Waals surface area contributed by atoms with Gasteiger partial charge in [-0.15, -0.1) is 0 Å². The van der Waals surface area contributed by atoms with Gasteiger partial charge < -0.3 is 15.2 Å². The zero-order valence-electron chi connectivity index (χ0n) is 14.1. The predicted octanol–water partition coefficient (Wildman–Crippen LogP) is 3.06. The summed E-state index contributed by atoms with van der Waals surface area (Å²) in [6.07, 6.45) is 7.42. The van der Waals surface area contributed by atoms with Gasteiger partial charge in [-0.1, -0.05) is 18.9 Å². The third-order valence-electron chi connectivity index (χ3n) is 3.62. The normalized spacial score (nSPS) is 17.2. The second-order valence-electron chi connectivity index (χ2n) is 6.95. The number of nitrogens with one attached hydrogen (secondary N) is 1. The van der Waals surface area contributed by atoms with Crippen LogP contribution in [-0.2, 0) is 14.3 Å². The molecule has 1 rings (SSSR count). The highest BCUT2D eigenvalue weighted by Gasteiger charge is 2.24. The molecular formula is C17H27NO5. The molecule has 1 aliphatic carbocycles. The first kappa shape index (κ1) is 19.2. The smallest absolute Gasteiger partial charge is 0.408 e. The molecule has 1 amide bonds. The van der Waals surface area contributed by atoms with Crippen LogP contribution >= 0.6 is 0 Å². The van der Waals surface area contributed by atoms with Gasteiger partial charge in [-0.3, -0.25) is 4.79 Å². The molecule has 23 heavy (non-hydrogen) atoms. The van der Waals surface area contributed by atoms with Crippen molar-refractivity contribution in [3.05, 3.63) is 12.2 Å². The lowest BCUT2D eigenvalue weighted by atomic mass is 10.0. The summed E-state index contributed by atoms with van der Waals surface area (Å²) in [5.74, 6) is -0.827. The number of aliphatic carboxylic acids is 1. The van der Waals surface area contributed by atoms with Crippen LogP contribution in [-0.4, -0.2) is 34.6 Å². The van der Waals surface area contributed by atoms with Gasteiger partial charge >= 0.3 is 12.1 Å². The van der Waals surface area contributed by atoms with Crippen molar-refractivity contribution in [3.63, 3.8) is 0 Å². The minimum atomic E-state index is -1.18. The number of carbonyl (C=O) groups excluding carboxylic acids is 2. The Morgan fingerprint density at radius 1 is 1.26 bits per heavy atom. The van der Waals surface area contributed by atoms with E-state index < -0.39 is 23.7 Å². The molecule has 6 heteroatoms. The number of ether oxygens (including phenoxy) is 1. The number of alkyl carbamates (subject to hydrolysis) is 1. The van der Waals surface area contributed by atoms with Gasteiger partial charge in [0.1, 0.15) is 11.6 Å². The first-order valence-corrected chi connectivity index (χ1v) is 8.11. The Kier molecular flexibility index (Phi) is 7.26. The fraction of sp³-hybridized carbons (Fsp3) is 0.706. The van der Waals surface area contributed by atoms with Gasteiger partial charge in [-0.2, -0.15) is 0 Å². The van der Waals surface area contributed by atoms with Crippen LogP contribution in [0.5, 0.6) is 0 Å². The molecule has 0 spiro atoms. The lowest BCUT2D eigenvalue weighted by molar-refractivity contribution is -0.139. The van der Waals surface area contributed by atoms with E-state index in [1.54, 1.807) is 26.8 Å². The van der Waals surface area contributed by atoms with E-state index in [4.69, 9.17) is 9.84 Å². The standard InChI is InChI=1S/C17H27NO5/c1-17(2,3)23-16(22)18-14(15(20)21)11-10-13(19)9-8-12-6-4-5-7-12/h8-9,12,14H,4-7,10-11H2,1-3H3,(H,18,22)(H,20,21). The lowest BCUT2D eigenvalue weighted by Gasteiger charge is -2.21. The third kappa shape index (κ3) is 8.38. The molecule has 0 aromatic heterocycles. The van der Waals surface area contributed by atoms with Crippen molar-refractivity contribution in [2.75, 3.05) is 0 Å². The average Bonchev–Trinajstić information content (AvgIpc) is 2.92. The number of carboxylic acid groups (broad SMARTS) is 1. The van der Waals surface area contributed by atoms with Gasteiger partial charge in [0.05, 0.1) is 0 Å². The fourth-order valence-corrected chi connectivity index (χ4v) is 2.47. The van der Waals surface area contributed by atoms with E-state index in [2.05, 4.69) is 5.32 Å². The summed E-state index contributed by atoms with van der Waals surface area (Å²) < 4.78 is 5.03. The van der Waals surface area contributed by atoms with Crippen molar-refractivity contribution in [3.8, 4) is 0 Å². The Labute approximate surface area is 137 Å². The second kappa shape index (κ2) is 8.70. The van der Waals surface area contributed by atoms with Crippen LogP contribution < -0.4 is 5.32 Å². The molecule has 2 N–H and O–H groups in total. The average molecular weight is 325 g/mol. The van der Waals surface area contributed by atoms with Crippen LogP contribution in [0, 0.1) is 5.92 Å². The van der Waals surface area contributed by atoms with Crippen molar-refractivity contribution in [1.82, 2.24) is 5.32 Å². The first-order valence-electron chi connectivity index (χ1n) is 8.11. The summed E-state index contributed by atoms with van der Waals surface area (Å²) in [7, 11) is 0. The molecule has 0 radical (unpaired) electrons. The minimum Gasteiger partial charge on any atom is -0.480 e. The highest BCUT2D eigenvalue weighted by atomic mass is 16.6. The molecule has 6 nitrogen and oxygen atoms in total. The van der Waals surface area contributed by atoms with Crippen molar-refractivity contribution in [2.45, 2.75) is 70.9 Å². The van der Waals surface area contributed by atoms with Crippen LogP contribution in [0.1, 0.15) is 59.3 Å². The van der Waals surface area contributed by atoms with Crippen molar-refractivity contribution < 1.29 is 24.2 Å². The number of ketones is 1. The molecule has 0 heterocycles. The second-order valence-corrected chi connectivity index (χ2v) is 6.95. The fourth-order valence-electron chi connectivity index (χ4n) is 2.47. The van der Waals surface area contributed by atoms with Gasteiger partial charge in [-0.05, 0) is 52.0 Å². The molecule has 1 fully saturated rings. The zero-order chi connectivity index (χ0) is 17.5. The largest absolute Gasteiger partial charge is 0.480 e. The molecule has 1 unspecified atom stereocenters. The van der Waals surface area contributed by atoms with E-state index in [1.807, 2.05) is 6.08 Å². The molecule has 1 aliphatic rings. The first-order chi connectivity index (χ1) is 10.7. The maximum absolute atomic E-state index is 11.8. The number of carbonyl (C=O) groups is 3. The summed E-state index contributed by atoms with van der Waals surface area (Å²) in [6, 6.07) is -1.13. The van der Waals surface area contributed by atoms with Gasteiger partial charge in [-0.25, -0.2) is 9.59 Å². The van der Waals surface area contributed by atoms with Crippen molar-refractivity contribution in [1.29, 1.82) is 0 Å². The van der Waals surface area contributed by atoms with Gasteiger partial charge in [0.2, 0.25) is 0 Å². The quantitative estimate of drug-likeness (QED) is 0.702. The maximum atomic E-state index is 11.8. The number of carboxylic acids is 1. The molecule has 0 aromatic carbocycles. The Hall–Kier alpha value is -1.85. The Morgan fingerprint density at radius 2 is 1.87 bits per heavy atom. The summed E-state index contributed by atoms with van der Waals surface area (Å²) in [6.45, 7) is 5.08. The summed E-state index contributed by atoms with van der Waals surface area (Å²) in [5.41, 5.74) is -0.701. The molecular weight excluding hydrogens is 298 g/mol. The van der Waals surface area contributed by atoms with E-state index in [-0.39, 0.29) is 18.6 Å². The monoisotopic (exact) mass is 325 g/mol. The van der Waals surface area contributed by atoms with Crippen LogP contribution in [0.25, 0.3) is 0 Å². The Bertz CT molecular complexity index is 458. The highest BCUT2D eigenvalue weighted by Crippen LogP contribution is 2.25. The van der Waals surface area contributed by atoms with Crippen LogP contribution in [0.3, 0.4) is 0 Å². The van der Waals surface area contributed by atoms with Crippen LogP contribution in [0.15, 0.2) is 12.2 Å². The van der Waals surface area contributed by atoms with Gasteiger partial charge in [0.25, 0.3) is 0 Å². The molecule has 0 saturated heterocycles. The van der Waals surface area contributed by atoms with E-state index in [1.165, 1.54) is 12.8 Å². The summed E-state index contributed by atoms with van der Waals surface area (Å²) in [4.78, 5) is 34.6. The van der Waals surface area contributed by atoms with E-state index in [0.29, 0.717) is 5.92 Å². The number of hydrogen-bond acceptors (Lipinski definition) is 4. The number of rotatable bonds is 7. The molecule has 0 aromatic rings. The predicted molar refractivity (Wildman–Crippen MR) is 86.1 cm³/mol. The van der Waals surface area contributed by atoms with Crippen molar-refractivity contribution >= 4 is 17.8 Å². The minimum absolute atomic E-state index is 0.0441. The molecule has 0 bridgehead atoms. The molecule has 1 atom stereocenters. The van der Waals surface area contributed by atoms with Crippen LogP contribution in [0.4, 0.5) is 4.79 Å². The third-order valence-corrected chi connectivity index (χ3v) is 3.62. The summed E-state index contributed by atoms with van der Waals surface area (Å²) in [5, 5.41) is 11.4. The maximum Gasteiger partial charge on any atom is 0.408 e. The Balaban J connectivity index is 2.41. The Morgan fingerprint density at radius 3 is 2.39 bits per heavy atom. The number of amides is 1. The molecule has 1 saturated carbocycles. The lowest BCUT2D eigenvalue weighted by Crippen LogP contribution is -2.43. The molecule has 130 valence electrons. The highest BCUT2D eigenvalue weighted by molar-refractivity contribution is 5.90. The topological polar surface area (TPSA) is 92.7 Å². The number of allylic oxidation sites excluding steroid dienone is 2.